The third kappa shape index (κ3) is 4.53. The Morgan fingerprint density at radius 2 is 2.21 bits per heavy atom. The van der Waals surface area contributed by atoms with Crippen molar-refractivity contribution < 1.29 is 14.5 Å². The van der Waals surface area contributed by atoms with E-state index in [0.717, 1.165) is 6.42 Å². The highest BCUT2D eigenvalue weighted by Gasteiger charge is 2.15. The minimum atomic E-state index is -0.556. The zero-order valence-corrected chi connectivity index (χ0v) is 11.0. The van der Waals surface area contributed by atoms with Crippen LogP contribution in [0.2, 0.25) is 0 Å². The second-order valence-corrected chi connectivity index (χ2v) is 3.86. The molecular weight excluding hydrogens is 250 g/mol. The topological polar surface area (TPSA) is 85.6 Å². The van der Waals surface area contributed by atoms with Gasteiger partial charge in [-0.25, -0.2) is 0 Å². The first kappa shape index (κ1) is 14.9. The van der Waals surface area contributed by atoms with Crippen LogP contribution in [0.4, 0.5) is 11.5 Å². The van der Waals surface area contributed by atoms with E-state index in [1.54, 1.807) is 17.9 Å². The lowest BCUT2D eigenvalue weighted by Gasteiger charge is -2.21. The molecule has 0 N–H and O–H groups in total. The Bertz CT molecular complexity index is 433. The van der Waals surface area contributed by atoms with Crippen LogP contribution in [0.15, 0.2) is 18.3 Å². The lowest BCUT2D eigenvalue weighted by atomic mass is 10.3. The van der Waals surface area contributed by atoms with Crippen LogP contribution in [0, 0.1) is 10.1 Å². The van der Waals surface area contributed by atoms with Crippen LogP contribution in [0.5, 0.6) is 0 Å². The molecule has 0 fully saturated rings. The summed E-state index contributed by atoms with van der Waals surface area (Å²) in [5.74, 6) is -0.536. The van der Waals surface area contributed by atoms with Gasteiger partial charge in [0.25, 0.3) is 0 Å². The average Bonchev–Trinajstić information content (AvgIpc) is 2.38. The van der Waals surface area contributed by atoms with Crippen LogP contribution in [0.3, 0.4) is 0 Å². The second kappa shape index (κ2) is 7.30. The van der Waals surface area contributed by atoms with E-state index in [1.807, 2.05) is 6.92 Å². The van der Waals surface area contributed by atoms with E-state index in [1.165, 1.54) is 12.3 Å². The summed E-state index contributed by atoms with van der Waals surface area (Å²) in [6.45, 7) is 4.82. The lowest BCUT2D eigenvalue weighted by molar-refractivity contribution is -0.389. The van der Waals surface area contributed by atoms with Crippen molar-refractivity contribution in [3.8, 4) is 0 Å². The summed E-state index contributed by atoms with van der Waals surface area (Å²) in [5, 5.41) is 10.5. The predicted octanol–water partition coefficient (Wildman–Crippen LogP) is 1.77. The van der Waals surface area contributed by atoms with Crippen molar-refractivity contribution in [1.29, 1.82) is 0 Å². The van der Waals surface area contributed by atoms with Gasteiger partial charge in [-0.1, -0.05) is 6.92 Å². The highest BCUT2D eigenvalue weighted by atomic mass is 16.6. The van der Waals surface area contributed by atoms with Gasteiger partial charge in [-0.05, 0) is 29.3 Å². The Kier molecular flexibility index (Phi) is 5.72. The van der Waals surface area contributed by atoms with Crippen molar-refractivity contribution >= 4 is 17.5 Å². The van der Waals surface area contributed by atoms with Gasteiger partial charge in [-0.3, -0.25) is 4.79 Å². The minimum Gasteiger partial charge on any atom is -0.465 e. The summed E-state index contributed by atoms with van der Waals surface area (Å²) >= 11 is 0. The summed E-state index contributed by atoms with van der Waals surface area (Å²) in [5.41, 5.74) is 0.667. The van der Waals surface area contributed by atoms with E-state index in [9.17, 15) is 14.9 Å². The molecular formula is C12H17N3O4. The number of carbonyl (C=O) groups is 1. The number of anilines is 1. The van der Waals surface area contributed by atoms with E-state index in [2.05, 4.69) is 4.98 Å². The van der Waals surface area contributed by atoms with Crippen LogP contribution in [-0.2, 0) is 9.53 Å². The number of hydrogen-bond acceptors (Lipinski definition) is 6. The van der Waals surface area contributed by atoms with Crippen LogP contribution < -0.4 is 4.90 Å². The van der Waals surface area contributed by atoms with Crippen molar-refractivity contribution in [3.63, 3.8) is 0 Å². The molecule has 0 aliphatic carbocycles. The second-order valence-electron chi connectivity index (χ2n) is 3.86. The number of ether oxygens (including phenoxy) is 1. The van der Waals surface area contributed by atoms with Gasteiger partial charge in [0, 0.05) is 12.6 Å². The van der Waals surface area contributed by atoms with E-state index in [4.69, 9.17) is 4.74 Å². The molecule has 0 radical (unpaired) electrons. The maximum Gasteiger partial charge on any atom is 0.363 e. The Morgan fingerprint density at radius 3 is 2.68 bits per heavy atom. The fourth-order valence-electron chi connectivity index (χ4n) is 1.61. The number of carbonyl (C=O) groups excluding carboxylic acids is 1. The minimum absolute atomic E-state index is 0.112. The first-order valence-electron chi connectivity index (χ1n) is 6.09. The van der Waals surface area contributed by atoms with Gasteiger partial charge in [0.1, 0.15) is 6.54 Å². The first-order chi connectivity index (χ1) is 9.08. The monoisotopic (exact) mass is 267 g/mol. The molecule has 7 heteroatoms. The van der Waals surface area contributed by atoms with E-state index >= 15 is 0 Å². The van der Waals surface area contributed by atoms with Crippen molar-refractivity contribution in [2.45, 2.75) is 20.3 Å². The summed E-state index contributed by atoms with van der Waals surface area (Å²) < 4.78 is 4.89. The van der Waals surface area contributed by atoms with E-state index in [0.29, 0.717) is 18.8 Å². The number of esters is 1. The molecule has 0 atom stereocenters. The van der Waals surface area contributed by atoms with Gasteiger partial charge >= 0.3 is 11.8 Å². The summed E-state index contributed by atoms with van der Waals surface area (Å²) in [4.78, 5) is 27.0. The predicted molar refractivity (Wildman–Crippen MR) is 70.0 cm³/mol. The van der Waals surface area contributed by atoms with Gasteiger partial charge in [0.15, 0.2) is 6.20 Å². The van der Waals surface area contributed by atoms with Crippen LogP contribution in [0.1, 0.15) is 20.3 Å². The Balaban J connectivity index is 2.80. The average molecular weight is 267 g/mol. The zero-order valence-electron chi connectivity index (χ0n) is 11.0. The van der Waals surface area contributed by atoms with Crippen molar-refractivity contribution in [2.24, 2.45) is 0 Å². The zero-order chi connectivity index (χ0) is 14.3. The molecule has 0 bridgehead atoms. The molecule has 0 unspecified atom stereocenters. The van der Waals surface area contributed by atoms with Gasteiger partial charge < -0.3 is 19.8 Å². The maximum atomic E-state index is 11.5. The number of rotatable bonds is 7. The number of nitrogens with zero attached hydrogens (tertiary/aromatic N) is 3. The molecule has 0 spiro atoms. The van der Waals surface area contributed by atoms with Crippen molar-refractivity contribution in [1.82, 2.24) is 4.98 Å². The standard InChI is InChI=1S/C12H17N3O4/c1-3-7-14(9-12(16)19-4-2)10-5-6-11(13-8-10)15(17)18/h5-6,8H,3-4,7,9H2,1-2H3. The molecule has 0 saturated carbocycles. The summed E-state index contributed by atoms with van der Waals surface area (Å²) in [6.07, 6.45) is 2.24. The Labute approximate surface area is 111 Å². The molecule has 0 saturated heterocycles. The number of hydrogen-bond donors (Lipinski definition) is 0. The van der Waals surface area contributed by atoms with Gasteiger partial charge in [0.2, 0.25) is 0 Å². The number of nitro groups is 1. The third-order valence-corrected chi connectivity index (χ3v) is 2.40. The summed E-state index contributed by atoms with van der Waals surface area (Å²) in [7, 11) is 0. The van der Waals surface area contributed by atoms with E-state index in [-0.39, 0.29) is 18.3 Å². The van der Waals surface area contributed by atoms with Crippen molar-refractivity contribution in [3.05, 3.63) is 28.4 Å². The Morgan fingerprint density at radius 1 is 1.47 bits per heavy atom. The normalized spacial score (nSPS) is 10.0. The molecule has 1 aromatic rings. The highest BCUT2D eigenvalue weighted by Crippen LogP contribution is 2.16. The van der Waals surface area contributed by atoms with Gasteiger partial charge in [-0.2, -0.15) is 0 Å². The molecule has 1 rings (SSSR count). The number of aromatic nitrogens is 1. The summed E-state index contributed by atoms with van der Waals surface area (Å²) in [6, 6.07) is 2.91. The van der Waals surface area contributed by atoms with Crippen LogP contribution in [-0.4, -0.2) is 35.6 Å². The SMILES string of the molecule is CCCN(CC(=O)OCC)c1ccc([N+](=O)[O-])nc1. The molecule has 1 aromatic heterocycles. The maximum absolute atomic E-state index is 11.5. The van der Waals surface area contributed by atoms with Gasteiger partial charge in [-0.15, -0.1) is 0 Å². The molecule has 19 heavy (non-hydrogen) atoms. The molecule has 1 heterocycles. The third-order valence-electron chi connectivity index (χ3n) is 2.40. The molecule has 104 valence electrons. The quantitative estimate of drug-likeness (QED) is 0.425. The lowest BCUT2D eigenvalue weighted by Crippen LogP contribution is -2.31. The smallest absolute Gasteiger partial charge is 0.363 e. The van der Waals surface area contributed by atoms with Crippen LogP contribution >= 0.6 is 0 Å². The molecule has 7 nitrogen and oxygen atoms in total. The van der Waals surface area contributed by atoms with Crippen molar-refractivity contribution in [2.75, 3.05) is 24.6 Å². The Hall–Kier alpha value is -2.18. The van der Waals surface area contributed by atoms with Crippen LogP contribution in [0.25, 0.3) is 0 Å². The first-order valence-corrected chi connectivity index (χ1v) is 6.09. The van der Waals surface area contributed by atoms with E-state index < -0.39 is 4.92 Å². The fraction of sp³-hybridized carbons (Fsp3) is 0.500. The largest absolute Gasteiger partial charge is 0.465 e. The fourth-order valence-corrected chi connectivity index (χ4v) is 1.61. The highest BCUT2D eigenvalue weighted by molar-refractivity contribution is 5.75. The molecule has 0 aliphatic rings. The molecule has 0 amide bonds. The van der Waals surface area contributed by atoms with Gasteiger partial charge in [0.05, 0.1) is 12.3 Å². The molecule has 0 aromatic carbocycles. The number of pyridine rings is 1. The molecule has 0 aliphatic heterocycles.